The molecule has 2 N–H and O–H groups in total. The third-order valence-corrected chi connectivity index (χ3v) is 4.20. The number of carbonyl (C=O) groups excluding carboxylic acids is 2. The van der Waals surface area contributed by atoms with E-state index in [1.165, 1.54) is 31.2 Å². The van der Waals surface area contributed by atoms with E-state index in [4.69, 9.17) is 17.3 Å². The molecule has 0 fully saturated rings. The number of anilines is 1. The molecule has 1 aromatic heterocycles. The predicted octanol–water partition coefficient (Wildman–Crippen LogP) is 5.76. The van der Waals surface area contributed by atoms with E-state index in [2.05, 4.69) is 24.0 Å². The highest BCUT2D eigenvalue weighted by Crippen LogP contribution is 2.25. The lowest BCUT2D eigenvalue weighted by Gasteiger charge is -2.05. The van der Waals surface area contributed by atoms with Crippen molar-refractivity contribution in [3.63, 3.8) is 0 Å². The van der Waals surface area contributed by atoms with Crippen molar-refractivity contribution >= 4 is 29.0 Å². The van der Waals surface area contributed by atoms with Gasteiger partial charge in [0.2, 0.25) is 0 Å². The quantitative estimate of drug-likeness (QED) is 0.634. The third kappa shape index (κ3) is 7.72. The first kappa shape index (κ1) is 25.7. The van der Waals surface area contributed by atoms with Crippen LogP contribution in [-0.2, 0) is 4.79 Å². The minimum absolute atomic E-state index is 0.0219. The summed E-state index contributed by atoms with van der Waals surface area (Å²) in [6, 6.07) is 5.47. The van der Waals surface area contributed by atoms with Gasteiger partial charge < -0.3 is 5.73 Å². The average molecular weight is 410 g/mol. The molecule has 0 saturated carbocycles. The Hall–Kier alpha value is -2.34. The van der Waals surface area contributed by atoms with Crippen LogP contribution in [0.25, 0.3) is 11.3 Å². The standard InChI is InChI=1S/C12H9ClFN3O.C7H14O.C2H6/c1-6(18)8-5-11(16-17-12(8)15)9-4-7(13)2-3-10(9)14;1-4-7(5-2)6(3)8;1-2/h2-5H,1H3,(H2,15,17);7H,4-5H2,1-3H3;1-2H3. The Morgan fingerprint density at radius 1 is 1.11 bits per heavy atom. The van der Waals surface area contributed by atoms with Gasteiger partial charge in [-0.05, 0) is 51.0 Å². The molecule has 154 valence electrons. The number of aromatic nitrogens is 2. The van der Waals surface area contributed by atoms with Crippen LogP contribution in [0.2, 0.25) is 5.02 Å². The Morgan fingerprint density at radius 2 is 1.68 bits per heavy atom. The molecule has 5 nitrogen and oxygen atoms in total. The first-order chi connectivity index (χ1) is 13.2. The Labute approximate surface area is 171 Å². The first-order valence-corrected chi connectivity index (χ1v) is 9.68. The molecule has 0 amide bonds. The number of hydrogen-bond donors (Lipinski definition) is 1. The van der Waals surface area contributed by atoms with Gasteiger partial charge in [-0.3, -0.25) is 9.59 Å². The zero-order chi connectivity index (χ0) is 21.9. The molecule has 1 heterocycles. The fraction of sp³-hybridized carbons (Fsp3) is 0.429. The molecule has 0 aliphatic carbocycles. The summed E-state index contributed by atoms with van der Waals surface area (Å²) in [6.07, 6.45) is 1.98. The summed E-state index contributed by atoms with van der Waals surface area (Å²) in [7, 11) is 0. The Bertz CT molecular complexity index is 793. The molecule has 0 spiro atoms. The van der Waals surface area contributed by atoms with Gasteiger partial charge in [0.25, 0.3) is 0 Å². The largest absolute Gasteiger partial charge is 0.382 e. The van der Waals surface area contributed by atoms with Gasteiger partial charge in [-0.1, -0.05) is 39.3 Å². The molecule has 0 aliphatic heterocycles. The summed E-state index contributed by atoms with van der Waals surface area (Å²) in [5, 5.41) is 7.78. The van der Waals surface area contributed by atoms with E-state index >= 15 is 0 Å². The third-order valence-electron chi connectivity index (χ3n) is 3.97. The van der Waals surface area contributed by atoms with E-state index in [1.807, 2.05) is 13.8 Å². The van der Waals surface area contributed by atoms with Crippen molar-refractivity contribution in [3.8, 4) is 11.3 Å². The molecule has 0 aliphatic rings. The van der Waals surface area contributed by atoms with Crippen LogP contribution in [0.5, 0.6) is 0 Å². The van der Waals surface area contributed by atoms with E-state index < -0.39 is 5.82 Å². The minimum atomic E-state index is -0.493. The summed E-state index contributed by atoms with van der Waals surface area (Å²) >= 11 is 5.79. The smallest absolute Gasteiger partial charge is 0.163 e. The van der Waals surface area contributed by atoms with Crippen LogP contribution < -0.4 is 5.73 Å². The predicted molar refractivity (Wildman–Crippen MR) is 113 cm³/mol. The van der Waals surface area contributed by atoms with E-state index in [0.29, 0.717) is 16.7 Å². The maximum absolute atomic E-state index is 13.6. The van der Waals surface area contributed by atoms with Gasteiger partial charge in [-0.2, -0.15) is 0 Å². The monoisotopic (exact) mass is 409 g/mol. The second-order valence-electron chi connectivity index (χ2n) is 5.83. The molecular weight excluding hydrogens is 381 g/mol. The summed E-state index contributed by atoms with van der Waals surface area (Å²) < 4.78 is 13.6. The lowest BCUT2D eigenvalue weighted by Crippen LogP contribution is -2.07. The fourth-order valence-electron chi connectivity index (χ4n) is 2.37. The van der Waals surface area contributed by atoms with Gasteiger partial charge in [0.1, 0.15) is 11.6 Å². The molecule has 0 atom stereocenters. The van der Waals surface area contributed by atoms with Crippen LogP contribution in [0.15, 0.2) is 24.3 Å². The lowest BCUT2D eigenvalue weighted by atomic mass is 10.00. The minimum Gasteiger partial charge on any atom is -0.382 e. The Kier molecular flexibility index (Phi) is 11.9. The number of hydrogen-bond acceptors (Lipinski definition) is 5. The van der Waals surface area contributed by atoms with Gasteiger partial charge in [0.15, 0.2) is 11.6 Å². The van der Waals surface area contributed by atoms with Crippen molar-refractivity contribution < 1.29 is 14.0 Å². The maximum Gasteiger partial charge on any atom is 0.163 e. The zero-order valence-electron chi connectivity index (χ0n) is 17.3. The molecule has 0 radical (unpaired) electrons. The van der Waals surface area contributed by atoms with Gasteiger partial charge in [0.05, 0.1) is 11.3 Å². The van der Waals surface area contributed by atoms with Gasteiger partial charge in [0, 0.05) is 16.5 Å². The maximum atomic E-state index is 13.6. The second-order valence-corrected chi connectivity index (χ2v) is 6.27. The average Bonchev–Trinajstić information content (AvgIpc) is 2.67. The van der Waals surface area contributed by atoms with Crippen LogP contribution in [0, 0.1) is 11.7 Å². The number of Topliss-reactive ketones (excluding diaryl/α,β-unsaturated/α-hetero) is 2. The number of carbonyl (C=O) groups is 2. The van der Waals surface area contributed by atoms with Crippen molar-refractivity contribution in [2.75, 3.05) is 5.73 Å². The second kappa shape index (κ2) is 12.9. The van der Waals surface area contributed by atoms with Crippen LogP contribution in [0.1, 0.15) is 64.7 Å². The fourth-order valence-corrected chi connectivity index (χ4v) is 2.54. The lowest BCUT2D eigenvalue weighted by molar-refractivity contribution is -0.120. The molecule has 7 heteroatoms. The number of benzene rings is 1. The molecule has 2 aromatic rings. The highest BCUT2D eigenvalue weighted by atomic mass is 35.5. The molecule has 0 saturated heterocycles. The van der Waals surface area contributed by atoms with Crippen LogP contribution in [-0.4, -0.2) is 21.8 Å². The molecule has 0 unspecified atom stereocenters. The van der Waals surface area contributed by atoms with Gasteiger partial charge in [-0.15, -0.1) is 10.2 Å². The summed E-state index contributed by atoms with van der Waals surface area (Å²) in [6.45, 7) is 11.1. The SMILES string of the molecule is CC.CC(=O)c1cc(-c2cc(Cl)ccc2F)nnc1N.CCC(CC)C(C)=O. The molecule has 28 heavy (non-hydrogen) atoms. The summed E-state index contributed by atoms with van der Waals surface area (Å²) in [5.41, 5.74) is 6.13. The van der Waals surface area contributed by atoms with Crippen molar-refractivity contribution in [2.24, 2.45) is 5.92 Å². The number of rotatable bonds is 5. The number of ketones is 2. The van der Waals surface area contributed by atoms with Crippen molar-refractivity contribution in [3.05, 3.63) is 40.7 Å². The van der Waals surface area contributed by atoms with Gasteiger partial charge >= 0.3 is 0 Å². The van der Waals surface area contributed by atoms with E-state index in [-0.39, 0.29) is 28.4 Å². The van der Waals surface area contributed by atoms with Gasteiger partial charge in [-0.25, -0.2) is 4.39 Å². The van der Waals surface area contributed by atoms with Crippen molar-refractivity contribution in [1.29, 1.82) is 0 Å². The van der Waals surface area contributed by atoms with E-state index in [9.17, 15) is 14.0 Å². The summed E-state index contributed by atoms with van der Waals surface area (Å²) in [5.74, 6) is -0.0854. The Balaban J connectivity index is 0.000000618. The molecule has 1 aromatic carbocycles. The van der Waals surface area contributed by atoms with Crippen LogP contribution in [0.4, 0.5) is 10.2 Å². The molecule has 2 rings (SSSR count). The van der Waals surface area contributed by atoms with E-state index in [1.54, 1.807) is 6.92 Å². The number of nitrogens with two attached hydrogens (primary N) is 1. The van der Waals surface area contributed by atoms with Crippen LogP contribution in [0.3, 0.4) is 0 Å². The van der Waals surface area contributed by atoms with E-state index in [0.717, 1.165) is 12.8 Å². The van der Waals surface area contributed by atoms with Crippen LogP contribution >= 0.6 is 11.6 Å². The normalized spacial score (nSPS) is 9.75. The molecule has 0 bridgehead atoms. The highest BCUT2D eigenvalue weighted by Gasteiger charge is 2.13. The van der Waals surface area contributed by atoms with Crippen molar-refractivity contribution in [1.82, 2.24) is 10.2 Å². The molecular formula is C21H29ClFN3O2. The zero-order valence-corrected chi connectivity index (χ0v) is 18.1. The topological polar surface area (TPSA) is 85.9 Å². The summed E-state index contributed by atoms with van der Waals surface area (Å²) in [4.78, 5) is 21.9. The number of nitrogens with zero attached hydrogens (tertiary/aromatic N) is 2. The highest BCUT2D eigenvalue weighted by molar-refractivity contribution is 6.30. The Morgan fingerprint density at radius 3 is 2.11 bits per heavy atom. The first-order valence-electron chi connectivity index (χ1n) is 9.31. The number of nitrogen functional groups attached to an aromatic ring is 1. The van der Waals surface area contributed by atoms with Crippen molar-refractivity contribution in [2.45, 2.75) is 54.4 Å². The number of halogens is 2.